The molecule has 2 fully saturated rings. The van der Waals surface area contributed by atoms with E-state index in [0.29, 0.717) is 18.3 Å². The first-order chi connectivity index (χ1) is 19.0. The predicted molar refractivity (Wildman–Crippen MR) is 154 cm³/mol. The molecule has 39 heavy (non-hydrogen) atoms. The highest BCUT2D eigenvalue weighted by atomic mass is 16.5. The van der Waals surface area contributed by atoms with Crippen LogP contribution in [0.5, 0.6) is 11.5 Å². The molecule has 1 unspecified atom stereocenters. The lowest BCUT2D eigenvalue weighted by atomic mass is 10.0. The fourth-order valence-corrected chi connectivity index (χ4v) is 5.53. The third-order valence-electron chi connectivity index (χ3n) is 7.51. The average Bonchev–Trinajstić information content (AvgIpc) is 3.54. The SMILES string of the molecule is CN(C)CC=CC(=O)N1CCC(n2c(C3CC3)c(-c3ccc(Oc4ccccc4)cc3)c3c(N)ncnc32)C1. The van der Waals surface area contributed by atoms with Crippen LogP contribution in [0.1, 0.15) is 36.9 Å². The van der Waals surface area contributed by atoms with Gasteiger partial charge in [0.05, 0.1) is 11.4 Å². The molecule has 200 valence electrons. The Morgan fingerprint density at radius 2 is 1.79 bits per heavy atom. The standard InChI is InChI=1S/C31H34N6O2/c1-35(2)17-6-9-26(38)36-18-16-23(19-36)37-29(22-10-11-22)27(28-30(32)33-20-34-31(28)37)21-12-14-25(15-13-21)39-24-7-4-3-5-8-24/h3-9,12-15,20,22-23H,10-11,16-19H2,1-2H3,(H2,32,33,34). The number of likely N-dealkylation sites (tertiary alicyclic amines) is 1. The summed E-state index contributed by atoms with van der Waals surface area (Å²) in [6.07, 6.45) is 8.32. The number of benzene rings is 2. The van der Waals surface area contributed by atoms with Crippen LogP contribution < -0.4 is 10.5 Å². The maximum absolute atomic E-state index is 12.9. The van der Waals surface area contributed by atoms with Gasteiger partial charge in [0.1, 0.15) is 29.3 Å². The van der Waals surface area contributed by atoms with Crippen molar-refractivity contribution in [2.75, 3.05) is 39.5 Å². The number of nitrogens with zero attached hydrogens (tertiary/aromatic N) is 5. The van der Waals surface area contributed by atoms with Crippen molar-refractivity contribution < 1.29 is 9.53 Å². The lowest BCUT2D eigenvalue weighted by Gasteiger charge is -2.19. The molecule has 2 aromatic heterocycles. The fraction of sp³-hybridized carbons (Fsp3) is 0.323. The number of para-hydroxylation sites is 1. The number of likely N-dealkylation sites (N-methyl/N-ethyl adjacent to an activating group) is 1. The van der Waals surface area contributed by atoms with Crippen molar-refractivity contribution in [3.05, 3.63) is 78.8 Å². The fourth-order valence-electron chi connectivity index (χ4n) is 5.53. The molecule has 6 rings (SSSR count). The van der Waals surface area contributed by atoms with Gasteiger partial charge in [-0.25, -0.2) is 9.97 Å². The highest BCUT2D eigenvalue weighted by Crippen LogP contribution is 2.51. The molecule has 8 heteroatoms. The van der Waals surface area contributed by atoms with Crippen LogP contribution in [0, 0.1) is 0 Å². The smallest absolute Gasteiger partial charge is 0.246 e. The number of ether oxygens (including phenoxy) is 1. The van der Waals surface area contributed by atoms with Gasteiger partial charge in [0.2, 0.25) is 5.91 Å². The molecule has 8 nitrogen and oxygen atoms in total. The Morgan fingerprint density at radius 1 is 1.05 bits per heavy atom. The van der Waals surface area contributed by atoms with Crippen LogP contribution in [-0.2, 0) is 4.79 Å². The first-order valence-electron chi connectivity index (χ1n) is 13.6. The molecule has 1 amide bonds. The van der Waals surface area contributed by atoms with E-state index in [2.05, 4.69) is 21.7 Å². The van der Waals surface area contributed by atoms with Gasteiger partial charge in [0, 0.05) is 37.0 Å². The van der Waals surface area contributed by atoms with Crippen molar-refractivity contribution in [2.45, 2.75) is 31.2 Å². The summed E-state index contributed by atoms with van der Waals surface area (Å²) < 4.78 is 8.40. The van der Waals surface area contributed by atoms with Crippen molar-refractivity contribution >= 4 is 22.8 Å². The number of nitrogen functional groups attached to an aromatic ring is 1. The van der Waals surface area contributed by atoms with Crippen molar-refractivity contribution in [1.29, 1.82) is 0 Å². The summed E-state index contributed by atoms with van der Waals surface area (Å²) in [6.45, 7) is 2.12. The maximum atomic E-state index is 12.9. The number of anilines is 1. The Labute approximate surface area is 228 Å². The minimum absolute atomic E-state index is 0.0622. The second-order valence-electron chi connectivity index (χ2n) is 10.7. The predicted octanol–water partition coefficient (Wildman–Crippen LogP) is 5.24. The third kappa shape index (κ3) is 5.12. The largest absolute Gasteiger partial charge is 0.457 e. The van der Waals surface area contributed by atoms with Crippen LogP contribution in [0.15, 0.2) is 73.1 Å². The molecule has 1 atom stereocenters. The van der Waals surface area contributed by atoms with Crippen LogP contribution in [0.4, 0.5) is 5.82 Å². The molecule has 4 aromatic rings. The molecule has 0 bridgehead atoms. The molecular weight excluding hydrogens is 488 g/mol. The number of aromatic nitrogens is 3. The van der Waals surface area contributed by atoms with E-state index in [9.17, 15) is 4.79 Å². The molecule has 3 heterocycles. The normalized spacial score (nSPS) is 17.5. The number of rotatable bonds is 8. The van der Waals surface area contributed by atoms with Gasteiger partial charge in [0.15, 0.2) is 0 Å². The zero-order valence-corrected chi connectivity index (χ0v) is 22.5. The summed E-state index contributed by atoms with van der Waals surface area (Å²) in [5.74, 6) is 2.57. The van der Waals surface area contributed by atoms with Crippen molar-refractivity contribution in [3.63, 3.8) is 0 Å². The first-order valence-corrected chi connectivity index (χ1v) is 13.6. The Kier molecular flexibility index (Phi) is 6.79. The zero-order valence-electron chi connectivity index (χ0n) is 22.5. The van der Waals surface area contributed by atoms with Gasteiger partial charge < -0.3 is 24.8 Å². The van der Waals surface area contributed by atoms with Crippen LogP contribution in [-0.4, -0.2) is 64.0 Å². The van der Waals surface area contributed by atoms with Crippen molar-refractivity contribution in [1.82, 2.24) is 24.3 Å². The molecule has 1 saturated heterocycles. The minimum Gasteiger partial charge on any atom is -0.457 e. The molecule has 2 aromatic carbocycles. The second-order valence-corrected chi connectivity index (χ2v) is 10.7. The van der Waals surface area contributed by atoms with Crippen LogP contribution >= 0.6 is 0 Å². The molecule has 1 saturated carbocycles. The molecule has 1 aliphatic heterocycles. The summed E-state index contributed by atoms with van der Waals surface area (Å²) in [5.41, 5.74) is 10.8. The summed E-state index contributed by atoms with van der Waals surface area (Å²) in [5, 5.41) is 0.895. The molecule has 2 N–H and O–H groups in total. The minimum atomic E-state index is 0.0622. The van der Waals surface area contributed by atoms with Crippen LogP contribution in [0.25, 0.3) is 22.2 Å². The van der Waals surface area contributed by atoms with E-state index in [0.717, 1.165) is 66.0 Å². The van der Waals surface area contributed by atoms with E-state index >= 15 is 0 Å². The monoisotopic (exact) mass is 522 g/mol. The highest BCUT2D eigenvalue weighted by molar-refractivity contribution is 6.03. The molecule has 0 radical (unpaired) electrons. The van der Waals surface area contributed by atoms with Crippen molar-refractivity contribution in [3.8, 4) is 22.6 Å². The van der Waals surface area contributed by atoms with Gasteiger partial charge in [0.25, 0.3) is 0 Å². The number of carbonyl (C=O) groups is 1. The average molecular weight is 523 g/mol. The Balaban J connectivity index is 1.36. The Bertz CT molecular complexity index is 1510. The van der Waals surface area contributed by atoms with Gasteiger partial charge in [-0.1, -0.05) is 36.4 Å². The van der Waals surface area contributed by atoms with Crippen molar-refractivity contribution in [2.24, 2.45) is 0 Å². The number of hydrogen-bond acceptors (Lipinski definition) is 6. The van der Waals surface area contributed by atoms with Gasteiger partial charge >= 0.3 is 0 Å². The maximum Gasteiger partial charge on any atom is 0.246 e. The number of nitrogens with two attached hydrogens (primary N) is 1. The molecular formula is C31H34N6O2. The van der Waals surface area contributed by atoms with Gasteiger partial charge in [-0.15, -0.1) is 0 Å². The summed E-state index contributed by atoms with van der Waals surface area (Å²) in [6, 6.07) is 18.1. The van der Waals surface area contributed by atoms with E-state index in [4.69, 9.17) is 15.5 Å². The molecule has 2 aliphatic rings. The summed E-state index contributed by atoms with van der Waals surface area (Å²) >= 11 is 0. The van der Waals surface area contributed by atoms with Crippen LogP contribution in [0.3, 0.4) is 0 Å². The van der Waals surface area contributed by atoms with Gasteiger partial charge in [-0.3, -0.25) is 4.79 Å². The Hall–Kier alpha value is -4.17. The van der Waals surface area contributed by atoms with Gasteiger partial charge in [-0.05, 0) is 69.1 Å². The highest BCUT2D eigenvalue weighted by Gasteiger charge is 2.38. The van der Waals surface area contributed by atoms with E-state index < -0.39 is 0 Å². The lowest BCUT2D eigenvalue weighted by molar-refractivity contribution is -0.125. The quantitative estimate of drug-likeness (QED) is 0.318. The molecule has 0 spiro atoms. The van der Waals surface area contributed by atoms with E-state index in [1.807, 2.05) is 72.4 Å². The Morgan fingerprint density at radius 3 is 2.51 bits per heavy atom. The zero-order chi connectivity index (χ0) is 26.9. The number of carbonyl (C=O) groups excluding carboxylic acids is 1. The summed E-state index contributed by atoms with van der Waals surface area (Å²) in [4.78, 5) is 26.0. The first kappa shape index (κ1) is 25.1. The van der Waals surface area contributed by atoms with E-state index in [1.165, 1.54) is 5.69 Å². The van der Waals surface area contributed by atoms with Crippen LogP contribution in [0.2, 0.25) is 0 Å². The van der Waals surface area contributed by atoms with E-state index in [-0.39, 0.29) is 11.9 Å². The number of amides is 1. The number of fused-ring (bicyclic) bond motifs is 1. The summed E-state index contributed by atoms with van der Waals surface area (Å²) in [7, 11) is 3.98. The topological polar surface area (TPSA) is 89.5 Å². The lowest BCUT2D eigenvalue weighted by Crippen LogP contribution is -2.28. The van der Waals surface area contributed by atoms with E-state index in [1.54, 1.807) is 12.4 Å². The number of hydrogen-bond donors (Lipinski definition) is 1. The molecule has 1 aliphatic carbocycles. The second kappa shape index (κ2) is 10.5. The van der Waals surface area contributed by atoms with Gasteiger partial charge in [-0.2, -0.15) is 0 Å². The third-order valence-corrected chi connectivity index (χ3v) is 7.51.